The highest BCUT2D eigenvalue weighted by Crippen LogP contribution is 2.25. The number of nitrogens with zero attached hydrogens (tertiary/aromatic N) is 3. The van der Waals surface area contributed by atoms with Gasteiger partial charge >= 0.3 is 0 Å². The molecule has 0 saturated carbocycles. The predicted octanol–water partition coefficient (Wildman–Crippen LogP) is 4.31. The standard InChI is InChI=1S/C22H16N4O/c1-15-12-16(14-23)21-19(27)13-20(25-17-8-4-2-5-9-17)26(22(21)24-15)18-10-6-3-7-11-18/h2-13,25H,1H3. The van der Waals surface area contributed by atoms with Crippen LogP contribution in [-0.2, 0) is 0 Å². The normalized spacial score (nSPS) is 10.5. The maximum absolute atomic E-state index is 12.8. The first-order valence-corrected chi connectivity index (χ1v) is 8.52. The van der Waals surface area contributed by atoms with Gasteiger partial charge in [-0.05, 0) is 37.3 Å². The van der Waals surface area contributed by atoms with Gasteiger partial charge < -0.3 is 5.32 Å². The summed E-state index contributed by atoms with van der Waals surface area (Å²) in [5, 5.41) is 13.1. The highest BCUT2D eigenvalue weighted by atomic mass is 16.1. The van der Waals surface area contributed by atoms with E-state index in [1.807, 2.05) is 72.2 Å². The van der Waals surface area contributed by atoms with Crippen LogP contribution >= 0.6 is 0 Å². The van der Waals surface area contributed by atoms with Gasteiger partial charge in [-0.1, -0.05) is 36.4 Å². The van der Waals surface area contributed by atoms with Crippen molar-refractivity contribution in [1.82, 2.24) is 9.55 Å². The van der Waals surface area contributed by atoms with Crippen LogP contribution in [0.1, 0.15) is 11.3 Å². The minimum Gasteiger partial charge on any atom is -0.341 e. The van der Waals surface area contributed by atoms with E-state index in [4.69, 9.17) is 0 Å². The van der Waals surface area contributed by atoms with E-state index >= 15 is 0 Å². The predicted molar refractivity (Wildman–Crippen MR) is 107 cm³/mol. The molecule has 0 unspecified atom stereocenters. The molecule has 27 heavy (non-hydrogen) atoms. The first-order chi connectivity index (χ1) is 13.2. The molecule has 2 aromatic carbocycles. The number of fused-ring (bicyclic) bond motifs is 1. The summed E-state index contributed by atoms with van der Waals surface area (Å²) in [6, 6.07) is 24.6. The first-order valence-electron chi connectivity index (χ1n) is 8.52. The topological polar surface area (TPSA) is 70.7 Å². The number of hydrogen-bond acceptors (Lipinski definition) is 4. The summed E-state index contributed by atoms with van der Waals surface area (Å²) < 4.78 is 1.87. The van der Waals surface area contributed by atoms with Crippen LogP contribution in [0, 0.1) is 18.3 Å². The molecular formula is C22H16N4O. The number of pyridine rings is 2. The molecule has 4 rings (SSSR count). The fourth-order valence-corrected chi connectivity index (χ4v) is 3.12. The van der Waals surface area contributed by atoms with Crippen molar-refractivity contribution >= 4 is 22.5 Å². The molecule has 0 aliphatic heterocycles. The van der Waals surface area contributed by atoms with Crippen molar-refractivity contribution in [3.63, 3.8) is 0 Å². The van der Waals surface area contributed by atoms with Gasteiger partial charge in [0, 0.05) is 23.1 Å². The molecule has 0 radical (unpaired) electrons. The fourth-order valence-electron chi connectivity index (χ4n) is 3.12. The highest BCUT2D eigenvalue weighted by Gasteiger charge is 2.16. The lowest BCUT2D eigenvalue weighted by Crippen LogP contribution is -2.15. The third kappa shape index (κ3) is 3.05. The van der Waals surface area contributed by atoms with Gasteiger partial charge in [0.1, 0.15) is 11.9 Å². The van der Waals surface area contributed by atoms with Crippen LogP contribution in [-0.4, -0.2) is 9.55 Å². The van der Waals surface area contributed by atoms with Gasteiger partial charge in [-0.25, -0.2) is 4.98 Å². The van der Waals surface area contributed by atoms with Crippen LogP contribution < -0.4 is 10.7 Å². The van der Waals surface area contributed by atoms with Crippen molar-refractivity contribution in [3.8, 4) is 11.8 Å². The van der Waals surface area contributed by atoms with E-state index in [9.17, 15) is 10.1 Å². The van der Waals surface area contributed by atoms with Gasteiger partial charge in [-0.3, -0.25) is 9.36 Å². The van der Waals surface area contributed by atoms with Crippen LogP contribution in [0.4, 0.5) is 11.5 Å². The Hall–Kier alpha value is -3.91. The SMILES string of the molecule is Cc1cc(C#N)c2c(=O)cc(Nc3ccccc3)n(-c3ccccc3)c2n1. The number of benzene rings is 2. The Labute approximate surface area is 156 Å². The number of aryl methyl sites for hydroxylation is 1. The second kappa shape index (κ2) is 6.77. The second-order valence-electron chi connectivity index (χ2n) is 6.18. The molecule has 0 amide bonds. The van der Waals surface area contributed by atoms with E-state index in [1.54, 1.807) is 6.07 Å². The summed E-state index contributed by atoms with van der Waals surface area (Å²) in [4.78, 5) is 17.4. The largest absolute Gasteiger partial charge is 0.341 e. The van der Waals surface area contributed by atoms with Crippen LogP contribution in [0.3, 0.4) is 0 Å². The average Bonchev–Trinajstić information content (AvgIpc) is 2.68. The smallest absolute Gasteiger partial charge is 0.194 e. The number of anilines is 2. The van der Waals surface area contributed by atoms with Gasteiger partial charge in [0.05, 0.1) is 10.9 Å². The molecular weight excluding hydrogens is 336 g/mol. The second-order valence-corrected chi connectivity index (χ2v) is 6.18. The summed E-state index contributed by atoms with van der Waals surface area (Å²) in [7, 11) is 0. The molecule has 4 aromatic rings. The van der Waals surface area contributed by atoms with E-state index in [0.717, 1.165) is 11.4 Å². The lowest BCUT2D eigenvalue weighted by molar-refractivity contribution is 1.05. The van der Waals surface area contributed by atoms with Crippen LogP contribution in [0.2, 0.25) is 0 Å². The minimum atomic E-state index is -0.236. The summed E-state index contributed by atoms with van der Waals surface area (Å²) in [6.45, 7) is 1.82. The zero-order chi connectivity index (χ0) is 18.8. The molecule has 0 saturated heterocycles. The third-order valence-corrected chi connectivity index (χ3v) is 4.28. The molecule has 130 valence electrons. The Morgan fingerprint density at radius 3 is 2.33 bits per heavy atom. The third-order valence-electron chi connectivity index (χ3n) is 4.28. The van der Waals surface area contributed by atoms with Crippen LogP contribution in [0.15, 0.2) is 77.6 Å². The molecule has 5 nitrogen and oxygen atoms in total. The molecule has 0 spiro atoms. The lowest BCUT2D eigenvalue weighted by Gasteiger charge is -2.18. The molecule has 2 aromatic heterocycles. The minimum absolute atomic E-state index is 0.236. The summed E-state index contributed by atoms with van der Waals surface area (Å²) in [6.07, 6.45) is 0. The van der Waals surface area contributed by atoms with Crippen molar-refractivity contribution in [2.24, 2.45) is 0 Å². The van der Waals surface area contributed by atoms with Gasteiger partial charge in [0.25, 0.3) is 0 Å². The fraction of sp³-hybridized carbons (Fsp3) is 0.0455. The van der Waals surface area contributed by atoms with Crippen molar-refractivity contribution < 1.29 is 0 Å². The maximum atomic E-state index is 12.8. The van der Waals surface area contributed by atoms with Gasteiger partial charge in [-0.15, -0.1) is 0 Å². The summed E-state index contributed by atoms with van der Waals surface area (Å²) in [5.74, 6) is 0.590. The quantitative estimate of drug-likeness (QED) is 0.596. The Morgan fingerprint density at radius 2 is 1.67 bits per heavy atom. The molecule has 0 bridgehead atoms. The number of nitriles is 1. The summed E-state index contributed by atoms with van der Waals surface area (Å²) in [5.41, 5.74) is 2.94. The number of aromatic nitrogens is 2. The number of para-hydroxylation sites is 2. The Bertz CT molecular complexity index is 1220. The summed E-state index contributed by atoms with van der Waals surface area (Å²) >= 11 is 0. The number of hydrogen-bond donors (Lipinski definition) is 1. The van der Waals surface area contributed by atoms with Crippen LogP contribution in [0.5, 0.6) is 0 Å². The molecule has 1 N–H and O–H groups in total. The first kappa shape index (κ1) is 16.6. The Kier molecular flexibility index (Phi) is 4.15. The molecule has 0 aliphatic rings. The number of nitrogens with one attached hydrogen (secondary N) is 1. The van der Waals surface area contributed by atoms with E-state index < -0.39 is 0 Å². The molecule has 5 heteroatoms. The molecule has 2 heterocycles. The van der Waals surface area contributed by atoms with Crippen molar-refractivity contribution in [1.29, 1.82) is 5.26 Å². The average molecular weight is 352 g/mol. The van der Waals surface area contributed by atoms with Crippen molar-refractivity contribution in [2.75, 3.05) is 5.32 Å². The molecule has 0 aliphatic carbocycles. The van der Waals surface area contributed by atoms with E-state index in [0.29, 0.717) is 28.1 Å². The zero-order valence-corrected chi connectivity index (χ0v) is 14.7. The Balaban J connectivity index is 2.09. The maximum Gasteiger partial charge on any atom is 0.194 e. The van der Waals surface area contributed by atoms with E-state index in [1.165, 1.54) is 6.07 Å². The van der Waals surface area contributed by atoms with Gasteiger partial charge in [0.15, 0.2) is 11.1 Å². The zero-order valence-electron chi connectivity index (χ0n) is 14.7. The van der Waals surface area contributed by atoms with Crippen molar-refractivity contribution in [2.45, 2.75) is 6.92 Å². The van der Waals surface area contributed by atoms with Gasteiger partial charge in [-0.2, -0.15) is 5.26 Å². The van der Waals surface area contributed by atoms with Crippen LogP contribution in [0.25, 0.3) is 16.7 Å². The molecule has 0 fully saturated rings. The van der Waals surface area contributed by atoms with E-state index in [-0.39, 0.29) is 5.43 Å². The van der Waals surface area contributed by atoms with Crippen molar-refractivity contribution in [3.05, 3.63) is 94.3 Å². The Morgan fingerprint density at radius 1 is 1.00 bits per heavy atom. The molecule has 0 atom stereocenters. The highest BCUT2D eigenvalue weighted by molar-refractivity contribution is 5.86. The van der Waals surface area contributed by atoms with Gasteiger partial charge in [0.2, 0.25) is 0 Å². The number of rotatable bonds is 3. The lowest BCUT2D eigenvalue weighted by atomic mass is 10.1. The van der Waals surface area contributed by atoms with E-state index in [2.05, 4.69) is 16.4 Å². The monoisotopic (exact) mass is 352 g/mol.